The van der Waals surface area contributed by atoms with E-state index < -0.39 is 0 Å². The highest BCUT2D eigenvalue weighted by Gasteiger charge is 2.43. The van der Waals surface area contributed by atoms with Gasteiger partial charge >= 0.3 is 12.1 Å². The van der Waals surface area contributed by atoms with Gasteiger partial charge in [-0.25, -0.2) is 9.59 Å². The van der Waals surface area contributed by atoms with Crippen molar-refractivity contribution in [1.29, 1.82) is 0 Å². The summed E-state index contributed by atoms with van der Waals surface area (Å²) in [6.45, 7) is 15.0. The number of piperidine rings is 2. The lowest BCUT2D eigenvalue weighted by Gasteiger charge is -2.50. The van der Waals surface area contributed by atoms with Gasteiger partial charge in [0.25, 0.3) is 0 Å². The smallest absolute Gasteiger partial charge is 0.317 e. The lowest BCUT2D eigenvalue weighted by atomic mass is 9.81. The Labute approximate surface area is 328 Å². The van der Waals surface area contributed by atoms with Crippen LogP contribution in [0.15, 0.2) is 0 Å². The van der Waals surface area contributed by atoms with Gasteiger partial charge in [0.05, 0.1) is 24.4 Å². The first-order chi connectivity index (χ1) is 26.2. The number of amides is 4. The van der Waals surface area contributed by atoms with E-state index in [1.165, 1.54) is 103 Å². The van der Waals surface area contributed by atoms with Gasteiger partial charge in [0.15, 0.2) is 0 Å². The van der Waals surface area contributed by atoms with Crippen LogP contribution in [0, 0.1) is 11.8 Å². The number of urea groups is 2. The number of likely N-dealkylation sites (tertiary alicyclic amines) is 2. The summed E-state index contributed by atoms with van der Waals surface area (Å²) in [4.78, 5) is 35.3. The van der Waals surface area contributed by atoms with Gasteiger partial charge in [-0.2, -0.15) is 0 Å². The quantitative estimate of drug-likeness (QED) is 0.266. The maximum Gasteiger partial charge on any atom is 0.317 e. The minimum absolute atomic E-state index is 0.211. The standard InChI is InChI=1S/2C22H39N3O2/c2*1-16(2)27-20-9-7-18(8-10-20)24-13-11-19(12-14-24)25-21-6-4-3-5-17(21)15-23-22(25)26/h2*16-21H,3-15H2,1-2H3,(H,23,26)/t2*17-,18?,20?,21+/m11/s1. The van der Waals surface area contributed by atoms with Crippen LogP contribution in [0.1, 0.15) is 156 Å². The number of hydrogen-bond acceptors (Lipinski definition) is 6. The summed E-state index contributed by atoms with van der Waals surface area (Å²) in [7, 11) is 0. The predicted molar refractivity (Wildman–Crippen MR) is 216 cm³/mol. The fraction of sp³-hybridized carbons (Fsp3) is 0.955. The van der Waals surface area contributed by atoms with Gasteiger partial charge in [-0.3, -0.25) is 0 Å². The molecule has 4 saturated heterocycles. The van der Waals surface area contributed by atoms with Gasteiger partial charge < -0.3 is 39.7 Å². The second-order valence-corrected chi connectivity index (χ2v) is 19.2. The highest BCUT2D eigenvalue weighted by Crippen LogP contribution is 2.37. The number of rotatable bonds is 8. The third-order valence-corrected chi connectivity index (χ3v) is 15.0. The van der Waals surface area contributed by atoms with E-state index in [9.17, 15) is 9.59 Å². The first-order valence-electron chi connectivity index (χ1n) is 23.1. The molecule has 0 spiro atoms. The molecule has 8 rings (SSSR count). The van der Waals surface area contributed by atoms with Crippen molar-refractivity contribution in [2.45, 2.75) is 217 Å². The Hall–Kier alpha value is -1.62. The summed E-state index contributed by atoms with van der Waals surface area (Å²) in [5.41, 5.74) is 0. The normalized spacial score (nSPS) is 36.6. The Morgan fingerprint density at radius 3 is 1.17 bits per heavy atom. The molecule has 8 fully saturated rings. The van der Waals surface area contributed by atoms with E-state index in [4.69, 9.17) is 9.47 Å². The van der Waals surface area contributed by atoms with Crippen molar-refractivity contribution in [2.75, 3.05) is 39.3 Å². The first kappa shape index (κ1) is 40.6. The molecule has 2 N–H and O–H groups in total. The fourth-order valence-electron chi connectivity index (χ4n) is 12.3. The SMILES string of the molecule is CC(C)OC1CCC(N2CCC(N3C(=O)NC[C@H]4CCCC[C@@H]43)CC2)CC1.CC(C)OC1CCC(N2CCC(N3C(=O)NC[C@H]4CCCC[C@@H]43)CC2)CC1. The number of ether oxygens (including phenoxy) is 2. The lowest BCUT2D eigenvalue weighted by molar-refractivity contribution is -0.0319. The number of carbonyl (C=O) groups excluding carboxylic acids is 2. The third-order valence-electron chi connectivity index (χ3n) is 15.0. The molecule has 4 aliphatic carbocycles. The maximum atomic E-state index is 12.6. The van der Waals surface area contributed by atoms with Crippen LogP contribution in [0.5, 0.6) is 0 Å². The summed E-state index contributed by atoms with van der Waals surface area (Å²) < 4.78 is 12.0. The zero-order valence-electron chi connectivity index (χ0n) is 34.7. The monoisotopic (exact) mass is 755 g/mol. The Morgan fingerprint density at radius 2 is 0.815 bits per heavy atom. The molecule has 10 nitrogen and oxygen atoms in total. The largest absolute Gasteiger partial charge is 0.376 e. The summed E-state index contributed by atoms with van der Waals surface area (Å²) in [5, 5.41) is 6.37. The van der Waals surface area contributed by atoms with Gasteiger partial charge in [-0.1, -0.05) is 25.7 Å². The van der Waals surface area contributed by atoms with Crippen LogP contribution in [-0.2, 0) is 9.47 Å². The van der Waals surface area contributed by atoms with Crippen LogP contribution < -0.4 is 10.6 Å². The molecule has 0 aromatic carbocycles. The zero-order valence-corrected chi connectivity index (χ0v) is 34.7. The summed E-state index contributed by atoms with van der Waals surface area (Å²) in [6, 6.07) is 3.80. The molecular formula is C44H78N6O4. The van der Waals surface area contributed by atoms with Crippen molar-refractivity contribution < 1.29 is 19.1 Å². The van der Waals surface area contributed by atoms with E-state index in [1.807, 2.05) is 0 Å². The second-order valence-electron chi connectivity index (χ2n) is 19.2. The average molecular weight is 755 g/mol. The highest BCUT2D eigenvalue weighted by molar-refractivity contribution is 5.76. The van der Waals surface area contributed by atoms with Crippen LogP contribution in [0.4, 0.5) is 9.59 Å². The van der Waals surface area contributed by atoms with Crippen molar-refractivity contribution in [3.8, 4) is 0 Å². The fourth-order valence-corrected chi connectivity index (χ4v) is 12.3. The van der Waals surface area contributed by atoms with Crippen LogP contribution in [0.2, 0.25) is 0 Å². The Kier molecular flexibility index (Phi) is 14.4. The average Bonchev–Trinajstić information content (AvgIpc) is 3.18. The molecule has 54 heavy (non-hydrogen) atoms. The molecule has 308 valence electrons. The summed E-state index contributed by atoms with van der Waals surface area (Å²) >= 11 is 0. The number of nitrogens with one attached hydrogen (secondary N) is 2. The van der Waals surface area contributed by atoms with Crippen molar-refractivity contribution >= 4 is 12.1 Å². The lowest BCUT2D eigenvalue weighted by Crippen LogP contribution is -2.63. The number of nitrogens with zero attached hydrogens (tertiary/aromatic N) is 4. The molecule has 4 atom stereocenters. The third kappa shape index (κ3) is 10.1. The van der Waals surface area contributed by atoms with Gasteiger partial charge in [-0.15, -0.1) is 0 Å². The van der Waals surface area contributed by atoms with Crippen molar-refractivity contribution in [1.82, 2.24) is 30.2 Å². The molecule has 0 unspecified atom stereocenters. The van der Waals surface area contributed by atoms with Crippen LogP contribution in [0.3, 0.4) is 0 Å². The molecule has 4 heterocycles. The second kappa shape index (κ2) is 19.2. The van der Waals surface area contributed by atoms with Gasteiger partial charge in [0, 0.05) is 75.5 Å². The molecule has 4 aliphatic heterocycles. The molecule has 4 amide bonds. The van der Waals surface area contributed by atoms with Crippen LogP contribution in [0.25, 0.3) is 0 Å². The minimum Gasteiger partial charge on any atom is -0.376 e. The Bertz CT molecular complexity index is 1080. The van der Waals surface area contributed by atoms with E-state index in [-0.39, 0.29) is 12.1 Å². The van der Waals surface area contributed by atoms with Crippen LogP contribution in [-0.4, -0.2) is 132 Å². The summed E-state index contributed by atoms with van der Waals surface area (Å²) in [5.74, 6) is 1.37. The van der Waals surface area contributed by atoms with Gasteiger partial charge in [-0.05, 0) is 142 Å². The molecule has 0 aromatic heterocycles. The van der Waals surface area contributed by atoms with Gasteiger partial charge in [0.2, 0.25) is 0 Å². The topological polar surface area (TPSA) is 89.6 Å². The molecule has 0 aromatic rings. The van der Waals surface area contributed by atoms with Gasteiger partial charge in [0.1, 0.15) is 0 Å². The van der Waals surface area contributed by atoms with E-state index >= 15 is 0 Å². The molecule has 0 bridgehead atoms. The predicted octanol–water partition coefficient (Wildman–Crippen LogP) is 7.54. The van der Waals surface area contributed by atoms with E-state index in [2.05, 4.69) is 57.9 Å². The van der Waals surface area contributed by atoms with Crippen molar-refractivity contribution in [3.05, 3.63) is 0 Å². The number of carbonyl (C=O) groups is 2. The molecule has 4 saturated carbocycles. The zero-order chi connectivity index (χ0) is 37.6. The molecule has 8 aliphatic rings. The van der Waals surface area contributed by atoms with Crippen molar-refractivity contribution in [2.24, 2.45) is 11.8 Å². The highest BCUT2D eigenvalue weighted by atomic mass is 16.5. The first-order valence-corrected chi connectivity index (χ1v) is 23.1. The molecule has 10 heteroatoms. The minimum atomic E-state index is 0.211. The van der Waals surface area contributed by atoms with E-state index in [0.717, 1.165) is 77.0 Å². The molecular weight excluding hydrogens is 677 g/mol. The summed E-state index contributed by atoms with van der Waals surface area (Å²) in [6.07, 6.45) is 26.5. The number of hydrogen-bond donors (Lipinski definition) is 2. The Morgan fingerprint density at radius 1 is 0.463 bits per heavy atom. The molecule has 0 radical (unpaired) electrons. The van der Waals surface area contributed by atoms with E-state index in [1.54, 1.807) is 0 Å². The maximum absolute atomic E-state index is 12.6. The van der Waals surface area contributed by atoms with Crippen LogP contribution >= 0.6 is 0 Å². The van der Waals surface area contributed by atoms with Crippen molar-refractivity contribution in [3.63, 3.8) is 0 Å². The Balaban J connectivity index is 0.000000167. The number of fused-ring (bicyclic) bond motifs is 2. The van der Waals surface area contributed by atoms with E-state index in [0.29, 0.717) is 60.4 Å².